The van der Waals surface area contributed by atoms with Crippen molar-refractivity contribution in [2.75, 3.05) is 5.73 Å². The summed E-state index contributed by atoms with van der Waals surface area (Å²) in [5, 5.41) is 4.14. The lowest BCUT2D eigenvalue weighted by molar-refractivity contribution is 0.418. The summed E-state index contributed by atoms with van der Waals surface area (Å²) in [5.74, 6) is 1.53. The van der Waals surface area contributed by atoms with E-state index in [4.69, 9.17) is 10.3 Å². The molecule has 1 aromatic heterocycles. The molecule has 1 unspecified atom stereocenters. The van der Waals surface area contributed by atoms with Crippen LogP contribution in [0.4, 0.5) is 5.88 Å². The molecular weight excluding hydrogens is 248 g/mol. The largest absolute Gasteiger partial charge is 0.367 e. The molecule has 3 nitrogen and oxygen atoms in total. The van der Waals surface area contributed by atoms with Crippen LogP contribution in [-0.2, 0) is 6.42 Å². The first kappa shape index (κ1) is 14.6. The van der Waals surface area contributed by atoms with Gasteiger partial charge >= 0.3 is 0 Å². The van der Waals surface area contributed by atoms with E-state index >= 15 is 0 Å². The number of hydrogen-bond acceptors (Lipinski definition) is 3. The van der Waals surface area contributed by atoms with Crippen molar-refractivity contribution in [2.45, 2.75) is 46.5 Å². The minimum Gasteiger partial charge on any atom is -0.367 e. The molecule has 0 aliphatic carbocycles. The molecule has 0 aliphatic heterocycles. The molecule has 0 fully saturated rings. The van der Waals surface area contributed by atoms with Gasteiger partial charge in [-0.15, -0.1) is 0 Å². The molecule has 1 aromatic carbocycles. The molecular formula is C17H24N2O. The molecule has 2 N–H and O–H groups in total. The number of anilines is 1. The molecule has 1 heterocycles. The van der Waals surface area contributed by atoms with Crippen molar-refractivity contribution in [1.82, 2.24) is 5.16 Å². The van der Waals surface area contributed by atoms with Crippen LogP contribution in [0.1, 0.15) is 51.3 Å². The highest BCUT2D eigenvalue weighted by molar-refractivity contribution is 5.75. The average molecular weight is 272 g/mol. The van der Waals surface area contributed by atoms with Gasteiger partial charge < -0.3 is 10.3 Å². The fraction of sp³-hybridized carbons (Fsp3) is 0.471. The van der Waals surface area contributed by atoms with E-state index in [1.165, 1.54) is 5.56 Å². The second-order valence-electron chi connectivity index (χ2n) is 5.86. The molecule has 2 rings (SSSR count). The Bertz CT molecular complexity index is 555. The van der Waals surface area contributed by atoms with Gasteiger partial charge in [0.05, 0.1) is 11.3 Å². The quantitative estimate of drug-likeness (QED) is 0.863. The molecule has 0 amide bonds. The lowest BCUT2D eigenvalue weighted by atomic mass is 9.95. The van der Waals surface area contributed by atoms with Gasteiger partial charge in [-0.2, -0.15) is 0 Å². The van der Waals surface area contributed by atoms with E-state index < -0.39 is 0 Å². The van der Waals surface area contributed by atoms with Crippen LogP contribution in [-0.4, -0.2) is 5.16 Å². The Morgan fingerprint density at radius 3 is 2.35 bits per heavy atom. The van der Waals surface area contributed by atoms with Gasteiger partial charge in [-0.05, 0) is 29.4 Å². The molecule has 0 bridgehead atoms. The zero-order valence-electron chi connectivity index (χ0n) is 12.8. The summed E-state index contributed by atoms with van der Waals surface area (Å²) in [6.45, 7) is 8.79. The Balaban J connectivity index is 2.34. The summed E-state index contributed by atoms with van der Waals surface area (Å²) in [7, 11) is 0. The molecule has 0 saturated carbocycles. The van der Waals surface area contributed by atoms with Gasteiger partial charge in [0.25, 0.3) is 0 Å². The van der Waals surface area contributed by atoms with Crippen LogP contribution in [0.2, 0.25) is 0 Å². The molecule has 108 valence electrons. The van der Waals surface area contributed by atoms with Crippen molar-refractivity contribution >= 4 is 5.88 Å². The van der Waals surface area contributed by atoms with Gasteiger partial charge in [-0.25, -0.2) is 0 Å². The standard InChI is InChI=1S/C17H24N2O/c1-5-12(4)10-15-16(17(18)20-19-15)14-8-6-13(7-9-14)11(2)3/h6-9,11-12H,5,10,18H2,1-4H3. The monoisotopic (exact) mass is 272 g/mol. The van der Waals surface area contributed by atoms with E-state index in [2.05, 4.69) is 57.1 Å². The number of nitrogens with zero attached hydrogens (tertiary/aromatic N) is 1. The third kappa shape index (κ3) is 3.03. The maximum absolute atomic E-state index is 5.96. The van der Waals surface area contributed by atoms with Crippen molar-refractivity contribution in [3.8, 4) is 11.1 Å². The highest BCUT2D eigenvalue weighted by Gasteiger charge is 2.17. The Morgan fingerprint density at radius 2 is 1.80 bits per heavy atom. The molecule has 0 saturated heterocycles. The van der Waals surface area contributed by atoms with Crippen molar-refractivity contribution in [1.29, 1.82) is 0 Å². The summed E-state index contributed by atoms with van der Waals surface area (Å²) < 4.78 is 5.20. The van der Waals surface area contributed by atoms with Crippen LogP contribution in [0.5, 0.6) is 0 Å². The second-order valence-corrected chi connectivity index (χ2v) is 5.86. The topological polar surface area (TPSA) is 52.0 Å². The predicted octanol–water partition coefficient (Wildman–Crippen LogP) is 4.64. The summed E-state index contributed by atoms with van der Waals surface area (Å²) in [6.07, 6.45) is 2.02. The third-order valence-corrected chi connectivity index (χ3v) is 3.89. The van der Waals surface area contributed by atoms with E-state index in [9.17, 15) is 0 Å². The van der Waals surface area contributed by atoms with Gasteiger partial charge in [-0.1, -0.05) is 63.5 Å². The summed E-state index contributed by atoms with van der Waals surface area (Å²) in [6, 6.07) is 8.52. The summed E-state index contributed by atoms with van der Waals surface area (Å²) in [5.41, 5.74) is 10.3. The lowest BCUT2D eigenvalue weighted by Gasteiger charge is -2.09. The normalized spacial score (nSPS) is 12.8. The summed E-state index contributed by atoms with van der Waals surface area (Å²) >= 11 is 0. The molecule has 0 aliphatic rings. The van der Waals surface area contributed by atoms with Crippen molar-refractivity contribution in [3.63, 3.8) is 0 Å². The third-order valence-electron chi connectivity index (χ3n) is 3.89. The number of aromatic nitrogens is 1. The first-order valence-corrected chi connectivity index (χ1v) is 7.37. The van der Waals surface area contributed by atoms with Gasteiger partial charge in [0, 0.05) is 0 Å². The van der Waals surface area contributed by atoms with Gasteiger partial charge in [0.1, 0.15) is 0 Å². The van der Waals surface area contributed by atoms with Crippen LogP contribution in [0.15, 0.2) is 28.8 Å². The molecule has 3 heteroatoms. The zero-order valence-corrected chi connectivity index (χ0v) is 12.8. The Kier molecular flexibility index (Phi) is 4.48. The van der Waals surface area contributed by atoms with Crippen LogP contribution < -0.4 is 5.73 Å². The maximum Gasteiger partial charge on any atom is 0.230 e. The highest BCUT2D eigenvalue weighted by atomic mass is 16.5. The predicted molar refractivity (Wildman–Crippen MR) is 83.6 cm³/mol. The number of benzene rings is 1. The van der Waals surface area contributed by atoms with Crippen molar-refractivity contribution in [2.24, 2.45) is 5.92 Å². The van der Waals surface area contributed by atoms with E-state index in [-0.39, 0.29) is 0 Å². The maximum atomic E-state index is 5.96. The molecule has 0 spiro atoms. The molecule has 2 aromatic rings. The number of rotatable bonds is 5. The lowest BCUT2D eigenvalue weighted by Crippen LogP contribution is -2.00. The van der Waals surface area contributed by atoms with Crippen LogP contribution in [0, 0.1) is 5.92 Å². The van der Waals surface area contributed by atoms with Crippen molar-refractivity contribution in [3.05, 3.63) is 35.5 Å². The summed E-state index contributed by atoms with van der Waals surface area (Å²) in [4.78, 5) is 0. The minimum atomic E-state index is 0.417. The Morgan fingerprint density at radius 1 is 1.15 bits per heavy atom. The first-order valence-electron chi connectivity index (χ1n) is 7.37. The van der Waals surface area contributed by atoms with Crippen LogP contribution in [0.25, 0.3) is 11.1 Å². The van der Waals surface area contributed by atoms with Crippen LogP contribution in [0.3, 0.4) is 0 Å². The smallest absolute Gasteiger partial charge is 0.230 e. The zero-order chi connectivity index (χ0) is 14.7. The highest BCUT2D eigenvalue weighted by Crippen LogP contribution is 2.32. The first-order chi connectivity index (χ1) is 9.52. The molecule has 0 radical (unpaired) electrons. The second kappa shape index (κ2) is 6.12. The Hall–Kier alpha value is -1.77. The molecule has 20 heavy (non-hydrogen) atoms. The van der Waals surface area contributed by atoms with Crippen LogP contribution >= 0.6 is 0 Å². The average Bonchev–Trinajstić information content (AvgIpc) is 2.79. The fourth-order valence-electron chi connectivity index (χ4n) is 2.30. The van der Waals surface area contributed by atoms with Gasteiger partial charge in [0.2, 0.25) is 5.88 Å². The van der Waals surface area contributed by atoms with Gasteiger partial charge in [0.15, 0.2) is 0 Å². The number of nitrogen functional groups attached to an aromatic ring is 1. The van der Waals surface area contributed by atoms with Crippen molar-refractivity contribution < 1.29 is 4.52 Å². The Labute approximate surface area is 121 Å². The molecule has 1 atom stereocenters. The van der Waals surface area contributed by atoms with Gasteiger partial charge in [-0.3, -0.25) is 0 Å². The van der Waals surface area contributed by atoms with E-state index in [0.717, 1.165) is 29.7 Å². The minimum absolute atomic E-state index is 0.417. The SMILES string of the molecule is CCC(C)Cc1noc(N)c1-c1ccc(C(C)C)cc1. The van der Waals surface area contributed by atoms with E-state index in [1.807, 2.05) is 0 Å². The fourth-order valence-corrected chi connectivity index (χ4v) is 2.30. The number of hydrogen-bond donors (Lipinski definition) is 1. The number of nitrogens with two attached hydrogens (primary N) is 1. The van der Waals surface area contributed by atoms with E-state index in [1.54, 1.807) is 0 Å². The van der Waals surface area contributed by atoms with E-state index in [0.29, 0.717) is 17.7 Å².